The van der Waals surface area contributed by atoms with Gasteiger partial charge in [0.2, 0.25) is 0 Å². The van der Waals surface area contributed by atoms with E-state index in [4.69, 9.17) is 4.74 Å². The van der Waals surface area contributed by atoms with E-state index >= 15 is 0 Å². The minimum atomic E-state index is -0.636. The summed E-state index contributed by atoms with van der Waals surface area (Å²) >= 11 is 0. The van der Waals surface area contributed by atoms with E-state index in [1.54, 1.807) is 6.92 Å². The van der Waals surface area contributed by atoms with Crippen LogP contribution in [0.1, 0.15) is 18.1 Å². The number of nitrogens with one attached hydrogen (secondary N) is 2. The van der Waals surface area contributed by atoms with E-state index in [1.807, 2.05) is 31.2 Å². The van der Waals surface area contributed by atoms with Gasteiger partial charge in [0, 0.05) is 11.8 Å². The van der Waals surface area contributed by atoms with Gasteiger partial charge in [0.25, 0.3) is 11.6 Å². The van der Waals surface area contributed by atoms with Crippen LogP contribution in [0.3, 0.4) is 0 Å². The van der Waals surface area contributed by atoms with Crippen LogP contribution < -0.4 is 20.6 Å². The van der Waals surface area contributed by atoms with Crippen molar-refractivity contribution in [2.75, 3.05) is 18.5 Å². The first-order chi connectivity index (χ1) is 12.9. The number of aryl methyl sites for hydroxylation is 1. The van der Waals surface area contributed by atoms with Gasteiger partial charge in [0.15, 0.2) is 0 Å². The molecule has 142 valence electrons. The first-order valence-corrected chi connectivity index (χ1v) is 8.15. The third-order valence-electron chi connectivity index (χ3n) is 3.48. The molecule has 0 aliphatic rings. The Labute approximate surface area is 155 Å². The van der Waals surface area contributed by atoms with Crippen molar-refractivity contribution in [2.45, 2.75) is 13.8 Å². The van der Waals surface area contributed by atoms with Gasteiger partial charge in [-0.15, -0.1) is 0 Å². The molecule has 0 bridgehead atoms. The third-order valence-corrected chi connectivity index (χ3v) is 3.48. The van der Waals surface area contributed by atoms with Crippen LogP contribution in [0.25, 0.3) is 0 Å². The number of hydrogen-bond donors (Lipinski definition) is 2. The lowest BCUT2D eigenvalue weighted by Crippen LogP contribution is -2.25. The average molecular weight is 371 g/mol. The Morgan fingerprint density at radius 3 is 2.63 bits per heavy atom. The number of anilines is 1. The van der Waals surface area contributed by atoms with Crippen molar-refractivity contribution >= 4 is 23.5 Å². The van der Waals surface area contributed by atoms with Crippen LogP contribution in [-0.2, 0) is 4.79 Å². The van der Waals surface area contributed by atoms with E-state index in [1.165, 1.54) is 0 Å². The van der Waals surface area contributed by atoms with E-state index < -0.39 is 16.6 Å². The molecule has 1 amide bonds. The molecule has 2 N–H and O–H groups in total. The lowest BCUT2D eigenvalue weighted by atomic mass is 10.1. The number of benzene rings is 2. The molecule has 0 saturated carbocycles. The molecule has 2 aromatic carbocycles. The number of hydrazone groups is 1. The maximum absolute atomic E-state index is 12.2. The summed E-state index contributed by atoms with van der Waals surface area (Å²) in [5.41, 5.74) is 3.79. The Hall–Kier alpha value is -3.62. The van der Waals surface area contributed by atoms with Crippen LogP contribution in [0.2, 0.25) is 0 Å². The van der Waals surface area contributed by atoms with E-state index in [-0.39, 0.29) is 30.2 Å². The predicted molar refractivity (Wildman–Crippen MR) is 99.1 cm³/mol. The van der Waals surface area contributed by atoms with Crippen LogP contribution in [0.5, 0.6) is 11.5 Å². The van der Waals surface area contributed by atoms with Crippen LogP contribution in [-0.4, -0.2) is 30.2 Å². The zero-order chi connectivity index (χ0) is 19.8. The molecule has 0 aromatic heterocycles. The highest BCUT2D eigenvalue weighted by Gasteiger charge is 2.11. The highest BCUT2D eigenvalue weighted by Crippen LogP contribution is 2.31. The highest BCUT2D eigenvalue weighted by atomic mass is 16.6. The van der Waals surface area contributed by atoms with Gasteiger partial charge in [-0.2, -0.15) is 5.10 Å². The second-order valence-corrected chi connectivity index (χ2v) is 5.57. The van der Waals surface area contributed by atoms with Crippen molar-refractivity contribution < 1.29 is 19.6 Å². The van der Waals surface area contributed by atoms with Crippen molar-refractivity contribution in [3.63, 3.8) is 0 Å². The molecule has 0 radical (unpaired) electrons. The lowest BCUT2D eigenvalue weighted by molar-refractivity contribution is -0.385. The monoisotopic (exact) mass is 371 g/mol. The van der Waals surface area contributed by atoms with Crippen molar-refractivity contribution in [3.05, 3.63) is 57.6 Å². The SMILES string of the molecule is CCOc1cc([N+](=O)[O-])cc(/C=N\NC(=O)CNc2ccc(C)cc2)c1[O-]. The third kappa shape index (κ3) is 5.70. The molecule has 0 saturated heterocycles. The molecule has 0 spiro atoms. The van der Waals surface area contributed by atoms with Gasteiger partial charge in [-0.3, -0.25) is 14.9 Å². The summed E-state index contributed by atoms with van der Waals surface area (Å²) in [5.74, 6) is -1.12. The van der Waals surface area contributed by atoms with Crippen molar-refractivity contribution in [3.8, 4) is 11.5 Å². The molecule has 27 heavy (non-hydrogen) atoms. The molecule has 0 heterocycles. The minimum Gasteiger partial charge on any atom is -0.870 e. The number of carbonyl (C=O) groups excluding carboxylic acids is 1. The van der Waals surface area contributed by atoms with E-state index in [9.17, 15) is 20.0 Å². The molecule has 0 aliphatic carbocycles. The Morgan fingerprint density at radius 2 is 2.00 bits per heavy atom. The number of nitro groups is 1. The summed E-state index contributed by atoms with van der Waals surface area (Å²) in [4.78, 5) is 22.1. The maximum atomic E-state index is 12.2. The quantitative estimate of drug-likeness (QED) is 0.414. The normalized spacial score (nSPS) is 10.6. The zero-order valence-corrected chi connectivity index (χ0v) is 14.9. The number of nitrogens with zero attached hydrogens (tertiary/aromatic N) is 2. The second kappa shape index (κ2) is 9.18. The summed E-state index contributed by atoms with van der Waals surface area (Å²) in [6.07, 6.45) is 1.06. The molecule has 0 unspecified atom stereocenters. The van der Waals surface area contributed by atoms with Crippen molar-refractivity contribution in [1.82, 2.24) is 5.43 Å². The first-order valence-electron chi connectivity index (χ1n) is 8.15. The minimum absolute atomic E-state index is 0.0240. The number of carbonyl (C=O) groups is 1. The van der Waals surface area contributed by atoms with Crippen LogP contribution in [0.4, 0.5) is 11.4 Å². The van der Waals surface area contributed by atoms with Gasteiger partial charge in [-0.25, -0.2) is 5.43 Å². The van der Waals surface area contributed by atoms with Crippen LogP contribution >= 0.6 is 0 Å². The number of nitro benzene ring substituents is 1. The number of ether oxygens (including phenoxy) is 1. The number of non-ortho nitro benzene ring substituents is 1. The fourth-order valence-electron chi connectivity index (χ4n) is 2.14. The summed E-state index contributed by atoms with van der Waals surface area (Å²) in [5, 5.41) is 29.8. The summed E-state index contributed by atoms with van der Waals surface area (Å²) in [6, 6.07) is 9.64. The van der Waals surface area contributed by atoms with E-state index in [0.717, 1.165) is 29.6 Å². The first kappa shape index (κ1) is 19.7. The Balaban J connectivity index is 2.00. The van der Waals surface area contributed by atoms with Crippen LogP contribution in [0.15, 0.2) is 41.5 Å². The molecular formula is C18H19N4O5-. The second-order valence-electron chi connectivity index (χ2n) is 5.57. The summed E-state index contributed by atoms with van der Waals surface area (Å²) < 4.78 is 5.12. The van der Waals surface area contributed by atoms with Gasteiger partial charge in [-0.05, 0) is 31.5 Å². The lowest BCUT2D eigenvalue weighted by Gasteiger charge is -2.16. The Kier molecular flexibility index (Phi) is 6.70. The van der Waals surface area contributed by atoms with Gasteiger partial charge in [0.05, 0.1) is 30.4 Å². The highest BCUT2D eigenvalue weighted by molar-refractivity contribution is 5.88. The van der Waals surface area contributed by atoms with Gasteiger partial charge in [0.1, 0.15) is 5.75 Å². The van der Waals surface area contributed by atoms with Gasteiger partial charge in [-0.1, -0.05) is 23.4 Å². The molecule has 0 aliphatic heterocycles. The number of amides is 1. The standard InChI is InChI=1S/C18H20N4O5/c1-3-27-16-9-15(22(25)26)8-13(18(16)24)10-20-21-17(23)11-19-14-6-4-12(2)5-7-14/h4-10,19,24H,3,11H2,1-2H3,(H,21,23)/p-1/b20-10-. The number of rotatable bonds is 8. The molecule has 9 nitrogen and oxygen atoms in total. The fraction of sp³-hybridized carbons (Fsp3) is 0.222. The van der Waals surface area contributed by atoms with Gasteiger partial charge < -0.3 is 15.2 Å². The summed E-state index contributed by atoms with van der Waals surface area (Å²) in [6.45, 7) is 3.78. The zero-order valence-electron chi connectivity index (χ0n) is 14.9. The largest absolute Gasteiger partial charge is 0.870 e. The van der Waals surface area contributed by atoms with Crippen molar-refractivity contribution in [2.24, 2.45) is 5.10 Å². The molecular weight excluding hydrogens is 352 g/mol. The van der Waals surface area contributed by atoms with Crippen molar-refractivity contribution in [1.29, 1.82) is 0 Å². The fourth-order valence-corrected chi connectivity index (χ4v) is 2.14. The topological polar surface area (TPSA) is 129 Å². The molecule has 9 heteroatoms. The Morgan fingerprint density at radius 1 is 1.30 bits per heavy atom. The van der Waals surface area contributed by atoms with Crippen LogP contribution in [0, 0.1) is 17.0 Å². The molecule has 0 atom stereocenters. The van der Waals surface area contributed by atoms with E-state index in [2.05, 4.69) is 15.8 Å². The molecule has 2 aromatic rings. The Bertz CT molecular complexity index is 850. The summed E-state index contributed by atoms with van der Waals surface area (Å²) in [7, 11) is 0. The maximum Gasteiger partial charge on any atom is 0.273 e. The molecule has 2 rings (SSSR count). The predicted octanol–water partition coefficient (Wildman–Crippen LogP) is 1.94. The number of hydrogen-bond acceptors (Lipinski definition) is 7. The van der Waals surface area contributed by atoms with E-state index in [0.29, 0.717) is 0 Å². The van der Waals surface area contributed by atoms with Gasteiger partial charge >= 0.3 is 0 Å². The average Bonchev–Trinajstić information content (AvgIpc) is 2.64. The smallest absolute Gasteiger partial charge is 0.273 e. The molecule has 0 fully saturated rings.